The molecule has 0 saturated heterocycles. The van der Waals surface area contributed by atoms with Crippen molar-refractivity contribution in [3.8, 4) is 0 Å². The Balaban J connectivity index is 2.51. The van der Waals surface area contributed by atoms with Gasteiger partial charge in [-0.25, -0.2) is 8.42 Å². The Morgan fingerprint density at radius 1 is 1.26 bits per heavy atom. The van der Waals surface area contributed by atoms with E-state index in [0.717, 1.165) is 5.56 Å². The molecule has 6 heteroatoms. The smallest absolute Gasteiger partial charge is 0.223 e. The molecule has 1 aromatic rings. The van der Waals surface area contributed by atoms with Crippen LogP contribution in [-0.4, -0.2) is 37.8 Å². The molecule has 19 heavy (non-hydrogen) atoms. The average Bonchev–Trinajstić information content (AvgIpc) is 2.38. The average molecular weight is 304 g/mol. The van der Waals surface area contributed by atoms with Crippen LogP contribution < -0.4 is 0 Å². The molecular weight excluding hydrogens is 286 g/mol. The van der Waals surface area contributed by atoms with Crippen LogP contribution in [0, 0.1) is 0 Å². The first-order valence-electron chi connectivity index (χ1n) is 6.03. The van der Waals surface area contributed by atoms with Crippen LogP contribution in [0.5, 0.6) is 0 Å². The Hall–Kier alpha value is -1.07. The summed E-state index contributed by atoms with van der Waals surface area (Å²) in [5.41, 5.74) is 0.957. The maximum atomic E-state index is 11.8. The minimum atomic E-state index is -3.09. The molecule has 0 unspecified atom stereocenters. The van der Waals surface area contributed by atoms with Gasteiger partial charge in [0.1, 0.15) is 0 Å². The lowest BCUT2D eigenvalue weighted by Gasteiger charge is -2.17. The molecule has 0 saturated carbocycles. The number of carbonyl (C=O) groups is 1. The van der Waals surface area contributed by atoms with Crippen LogP contribution in [0.25, 0.3) is 0 Å². The van der Waals surface area contributed by atoms with E-state index in [2.05, 4.69) is 0 Å². The number of nitrogens with zero attached hydrogens (tertiary/aromatic N) is 1. The van der Waals surface area contributed by atoms with Crippen molar-refractivity contribution < 1.29 is 13.2 Å². The van der Waals surface area contributed by atoms with E-state index in [0.29, 0.717) is 11.6 Å². The molecule has 0 atom stereocenters. The summed E-state index contributed by atoms with van der Waals surface area (Å²) in [6, 6.07) is 7.21. The second-order valence-corrected chi connectivity index (χ2v) is 7.27. The van der Waals surface area contributed by atoms with E-state index in [4.69, 9.17) is 11.6 Å². The van der Waals surface area contributed by atoms with E-state index in [1.807, 2.05) is 12.1 Å². The normalized spacial score (nSPS) is 11.3. The van der Waals surface area contributed by atoms with Crippen molar-refractivity contribution in [2.24, 2.45) is 0 Å². The molecule has 0 bridgehead atoms. The van der Waals surface area contributed by atoms with Crippen molar-refractivity contribution in [2.45, 2.75) is 19.9 Å². The zero-order chi connectivity index (χ0) is 14.5. The number of rotatable bonds is 6. The number of sulfone groups is 1. The highest BCUT2D eigenvalue weighted by molar-refractivity contribution is 7.91. The highest BCUT2D eigenvalue weighted by atomic mass is 35.5. The second-order valence-electron chi connectivity index (χ2n) is 4.36. The minimum absolute atomic E-state index is 0.0280. The summed E-state index contributed by atoms with van der Waals surface area (Å²) in [7, 11) is -1.43. The lowest BCUT2D eigenvalue weighted by Crippen LogP contribution is -2.28. The fraction of sp³-hybridized carbons (Fsp3) is 0.462. The summed E-state index contributed by atoms with van der Waals surface area (Å²) in [4.78, 5) is 13.3. The standard InChI is InChI=1S/C13H18ClNO3S/c1-3-19(17,18)9-8-13(16)15(2)10-11-4-6-12(14)7-5-11/h4-7H,3,8-10H2,1-2H3. The Morgan fingerprint density at radius 2 is 1.84 bits per heavy atom. The predicted molar refractivity (Wildman–Crippen MR) is 76.9 cm³/mol. The lowest BCUT2D eigenvalue weighted by molar-refractivity contribution is -0.130. The zero-order valence-electron chi connectivity index (χ0n) is 11.1. The molecular formula is C13H18ClNO3S. The maximum Gasteiger partial charge on any atom is 0.223 e. The summed E-state index contributed by atoms with van der Waals surface area (Å²) in [6.45, 7) is 2.03. The largest absolute Gasteiger partial charge is 0.341 e. The van der Waals surface area contributed by atoms with Crippen LogP contribution >= 0.6 is 11.6 Å². The molecule has 0 aromatic heterocycles. The first kappa shape index (κ1) is 16.0. The molecule has 106 valence electrons. The van der Waals surface area contributed by atoms with E-state index in [-0.39, 0.29) is 23.8 Å². The SMILES string of the molecule is CCS(=O)(=O)CCC(=O)N(C)Cc1ccc(Cl)cc1. The van der Waals surface area contributed by atoms with Crippen molar-refractivity contribution in [1.29, 1.82) is 0 Å². The van der Waals surface area contributed by atoms with Gasteiger partial charge in [-0.2, -0.15) is 0 Å². The first-order chi connectivity index (χ1) is 8.84. The maximum absolute atomic E-state index is 11.8. The van der Waals surface area contributed by atoms with E-state index in [9.17, 15) is 13.2 Å². The van der Waals surface area contributed by atoms with Crippen LogP contribution in [-0.2, 0) is 21.2 Å². The zero-order valence-corrected chi connectivity index (χ0v) is 12.7. The van der Waals surface area contributed by atoms with Crippen molar-refractivity contribution >= 4 is 27.3 Å². The Morgan fingerprint density at radius 3 is 2.37 bits per heavy atom. The van der Waals surface area contributed by atoms with Crippen molar-refractivity contribution in [2.75, 3.05) is 18.6 Å². The molecule has 0 aliphatic heterocycles. The summed E-state index contributed by atoms with van der Waals surface area (Å²) in [5, 5.41) is 0.645. The minimum Gasteiger partial charge on any atom is -0.341 e. The van der Waals surface area contributed by atoms with Crippen LogP contribution in [0.3, 0.4) is 0 Å². The number of benzene rings is 1. The quantitative estimate of drug-likeness (QED) is 0.809. The molecule has 0 radical (unpaired) electrons. The molecule has 1 amide bonds. The van der Waals surface area contributed by atoms with Gasteiger partial charge in [0.25, 0.3) is 0 Å². The molecule has 0 aliphatic rings. The van der Waals surface area contributed by atoms with E-state index in [1.54, 1.807) is 26.1 Å². The molecule has 4 nitrogen and oxygen atoms in total. The predicted octanol–water partition coefficient (Wildman–Crippen LogP) is 2.12. The molecule has 0 N–H and O–H groups in total. The molecule has 1 rings (SSSR count). The number of carbonyl (C=O) groups excluding carboxylic acids is 1. The Bertz CT molecular complexity index is 525. The topological polar surface area (TPSA) is 54.5 Å². The van der Waals surface area contributed by atoms with Gasteiger partial charge in [0.05, 0.1) is 5.75 Å². The fourth-order valence-electron chi connectivity index (χ4n) is 1.53. The molecule has 0 aliphatic carbocycles. The molecule has 0 heterocycles. The first-order valence-corrected chi connectivity index (χ1v) is 8.23. The summed E-state index contributed by atoms with van der Waals surface area (Å²) >= 11 is 5.78. The van der Waals surface area contributed by atoms with Gasteiger partial charge in [0.2, 0.25) is 5.91 Å². The van der Waals surface area contributed by atoms with Crippen molar-refractivity contribution in [1.82, 2.24) is 4.90 Å². The summed E-state index contributed by atoms with van der Waals surface area (Å²) in [6.07, 6.45) is 0.0280. The van der Waals surface area contributed by atoms with Gasteiger partial charge < -0.3 is 4.90 Å². The highest BCUT2D eigenvalue weighted by Gasteiger charge is 2.14. The molecule has 1 aromatic carbocycles. The molecule has 0 spiro atoms. The van der Waals surface area contributed by atoms with Crippen molar-refractivity contribution in [3.05, 3.63) is 34.9 Å². The summed E-state index contributed by atoms with van der Waals surface area (Å²) < 4.78 is 22.7. The monoisotopic (exact) mass is 303 g/mol. The van der Waals surface area contributed by atoms with Crippen molar-refractivity contribution in [3.63, 3.8) is 0 Å². The van der Waals surface area contributed by atoms with Crippen LogP contribution in [0.1, 0.15) is 18.9 Å². The number of halogens is 1. The summed E-state index contributed by atoms with van der Waals surface area (Å²) in [5.74, 6) is -0.193. The number of hydrogen-bond donors (Lipinski definition) is 0. The highest BCUT2D eigenvalue weighted by Crippen LogP contribution is 2.11. The fourth-order valence-corrected chi connectivity index (χ4v) is 2.43. The van der Waals surface area contributed by atoms with Crippen LogP contribution in [0.4, 0.5) is 0 Å². The third kappa shape index (κ3) is 5.61. The van der Waals surface area contributed by atoms with Gasteiger partial charge in [-0.05, 0) is 17.7 Å². The van der Waals surface area contributed by atoms with E-state index >= 15 is 0 Å². The lowest BCUT2D eigenvalue weighted by atomic mass is 10.2. The number of amides is 1. The van der Waals surface area contributed by atoms with Gasteiger partial charge in [0, 0.05) is 30.8 Å². The Labute approximate surface area is 119 Å². The third-order valence-corrected chi connectivity index (χ3v) is 4.78. The second kappa shape index (κ2) is 6.91. The van der Waals surface area contributed by atoms with E-state index < -0.39 is 9.84 Å². The van der Waals surface area contributed by atoms with Gasteiger partial charge in [-0.3, -0.25) is 4.79 Å². The van der Waals surface area contributed by atoms with Crippen LogP contribution in [0.15, 0.2) is 24.3 Å². The van der Waals surface area contributed by atoms with Crippen LogP contribution in [0.2, 0.25) is 5.02 Å². The van der Waals surface area contributed by atoms with Gasteiger partial charge in [-0.1, -0.05) is 30.7 Å². The van der Waals surface area contributed by atoms with Gasteiger partial charge in [-0.15, -0.1) is 0 Å². The Kier molecular flexibility index (Phi) is 5.82. The third-order valence-electron chi connectivity index (χ3n) is 2.83. The number of hydrogen-bond acceptors (Lipinski definition) is 3. The molecule has 0 fully saturated rings. The van der Waals surface area contributed by atoms with Gasteiger partial charge in [0.15, 0.2) is 9.84 Å². The van der Waals surface area contributed by atoms with Gasteiger partial charge >= 0.3 is 0 Å². The van der Waals surface area contributed by atoms with E-state index in [1.165, 1.54) is 4.90 Å².